The summed E-state index contributed by atoms with van der Waals surface area (Å²) in [6, 6.07) is 21.2. The number of benzene rings is 3. The highest BCUT2D eigenvalue weighted by Gasteiger charge is 2.15. The first-order valence-electron chi connectivity index (χ1n) is 11.5. The van der Waals surface area contributed by atoms with Crippen LogP contribution in [0.3, 0.4) is 0 Å². The summed E-state index contributed by atoms with van der Waals surface area (Å²) in [6.07, 6.45) is 2.17. The summed E-state index contributed by atoms with van der Waals surface area (Å²) in [6.45, 7) is 4.09. The summed E-state index contributed by atoms with van der Waals surface area (Å²) in [5, 5.41) is 9.17. The minimum atomic E-state index is -0.936. The molecular weight excluding hydrogens is 460 g/mol. The fourth-order valence-electron chi connectivity index (χ4n) is 3.22. The van der Waals surface area contributed by atoms with E-state index in [9.17, 15) is 14.4 Å². The van der Waals surface area contributed by atoms with E-state index in [1.54, 1.807) is 48.5 Å². The molecule has 186 valence electrons. The van der Waals surface area contributed by atoms with Gasteiger partial charge in [-0.05, 0) is 54.8 Å². The van der Waals surface area contributed by atoms with Gasteiger partial charge in [0.15, 0.2) is 6.61 Å². The molecule has 0 atom stereocenters. The topological polar surface area (TPSA) is 118 Å². The Kier molecular flexibility index (Phi) is 9.58. The largest absolute Gasteiger partial charge is 0.492 e. The predicted molar refractivity (Wildman–Crippen MR) is 138 cm³/mol. The van der Waals surface area contributed by atoms with Crippen LogP contribution >= 0.6 is 0 Å². The third-order valence-electron chi connectivity index (χ3n) is 4.92. The van der Waals surface area contributed by atoms with Crippen LogP contribution in [0.5, 0.6) is 11.5 Å². The number of rotatable bonds is 10. The molecule has 0 fully saturated rings. The number of hydrogen-bond acceptors (Lipinski definition) is 6. The Morgan fingerprint density at radius 3 is 2.36 bits per heavy atom. The molecule has 3 amide bonds. The van der Waals surface area contributed by atoms with Crippen molar-refractivity contribution in [2.45, 2.75) is 20.3 Å². The molecule has 9 nitrogen and oxygen atoms in total. The first kappa shape index (κ1) is 26.0. The highest BCUT2D eigenvalue weighted by atomic mass is 16.5. The molecule has 0 heterocycles. The standard InChI is InChI=1S/C27H28N4O5/c1-3-20-11-5-6-13-22(20)29-25(32)18-36-21-12-9-10-19(16-21)17-28-31-27(34)26(33)30-23-14-7-8-15-24(23)35-4-2/h5-17H,3-4,18H2,1-2H3,(H,29,32)(H,30,33)(H,31,34)/b28-17-. The van der Waals surface area contributed by atoms with Gasteiger partial charge in [-0.15, -0.1) is 0 Å². The van der Waals surface area contributed by atoms with Crippen molar-refractivity contribution >= 4 is 35.3 Å². The second-order valence-electron chi connectivity index (χ2n) is 7.50. The first-order chi connectivity index (χ1) is 17.5. The number of nitrogens with zero attached hydrogens (tertiary/aromatic N) is 1. The first-order valence-corrected chi connectivity index (χ1v) is 11.5. The molecule has 0 aliphatic heterocycles. The Labute approximate surface area is 209 Å². The quantitative estimate of drug-likeness (QED) is 0.228. The molecule has 3 rings (SSSR count). The molecule has 0 saturated carbocycles. The van der Waals surface area contributed by atoms with Crippen molar-refractivity contribution in [2.24, 2.45) is 5.10 Å². The lowest BCUT2D eigenvalue weighted by Gasteiger charge is -2.11. The van der Waals surface area contributed by atoms with Gasteiger partial charge in [0.1, 0.15) is 11.5 Å². The molecule has 0 unspecified atom stereocenters. The third-order valence-corrected chi connectivity index (χ3v) is 4.92. The van der Waals surface area contributed by atoms with Crippen molar-refractivity contribution in [3.8, 4) is 11.5 Å². The average Bonchev–Trinajstić information content (AvgIpc) is 2.89. The molecule has 0 saturated heterocycles. The summed E-state index contributed by atoms with van der Waals surface area (Å²) in [5.41, 5.74) is 4.97. The van der Waals surface area contributed by atoms with Crippen LogP contribution in [-0.2, 0) is 20.8 Å². The number of hydrazone groups is 1. The van der Waals surface area contributed by atoms with Crippen LogP contribution in [0, 0.1) is 0 Å². The Balaban J connectivity index is 1.50. The van der Waals surface area contributed by atoms with Crippen molar-refractivity contribution in [3.63, 3.8) is 0 Å². The van der Waals surface area contributed by atoms with Crippen LogP contribution in [0.1, 0.15) is 25.0 Å². The Hall–Kier alpha value is -4.66. The summed E-state index contributed by atoms with van der Waals surface area (Å²) < 4.78 is 11.0. The third kappa shape index (κ3) is 7.69. The van der Waals surface area contributed by atoms with Crippen LogP contribution in [0.15, 0.2) is 77.9 Å². The maximum absolute atomic E-state index is 12.3. The highest BCUT2D eigenvalue weighted by molar-refractivity contribution is 6.39. The second kappa shape index (κ2) is 13.3. The summed E-state index contributed by atoms with van der Waals surface area (Å²) in [5.74, 6) is -1.18. The molecule has 36 heavy (non-hydrogen) atoms. The molecule has 0 spiro atoms. The van der Waals surface area contributed by atoms with Crippen LogP contribution in [0.4, 0.5) is 11.4 Å². The molecule has 0 aliphatic carbocycles. The van der Waals surface area contributed by atoms with Crippen molar-refractivity contribution < 1.29 is 23.9 Å². The van der Waals surface area contributed by atoms with Gasteiger partial charge in [-0.1, -0.05) is 49.4 Å². The number of carbonyl (C=O) groups excluding carboxylic acids is 3. The smallest absolute Gasteiger partial charge is 0.329 e. The van der Waals surface area contributed by atoms with Crippen molar-refractivity contribution in [1.29, 1.82) is 0 Å². The SMILES string of the molecule is CCOc1ccccc1NC(=O)C(=O)N/N=C\c1cccc(OCC(=O)Nc2ccccc2CC)c1. The summed E-state index contributed by atoms with van der Waals surface area (Å²) in [4.78, 5) is 36.6. The predicted octanol–water partition coefficient (Wildman–Crippen LogP) is 3.75. The zero-order chi connectivity index (χ0) is 25.8. The maximum Gasteiger partial charge on any atom is 0.329 e. The lowest BCUT2D eigenvalue weighted by atomic mass is 10.1. The van der Waals surface area contributed by atoms with Gasteiger partial charge < -0.3 is 20.1 Å². The molecule has 0 aromatic heterocycles. The number of anilines is 2. The number of amides is 3. The van der Waals surface area contributed by atoms with E-state index in [1.807, 2.05) is 38.1 Å². The number of aryl methyl sites for hydroxylation is 1. The Bertz CT molecular complexity index is 1240. The van der Waals surface area contributed by atoms with Crippen molar-refractivity contribution in [1.82, 2.24) is 5.43 Å². The molecule has 0 bridgehead atoms. The number of ether oxygens (including phenoxy) is 2. The van der Waals surface area contributed by atoms with E-state index >= 15 is 0 Å². The lowest BCUT2D eigenvalue weighted by molar-refractivity contribution is -0.136. The van der Waals surface area contributed by atoms with Gasteiger partial charge in [0.05, 0.1) is 18.5 Å². The van der Waals surface area contributed by atoms with Gasteiger partial charge >= 0.3 is 11.8 Å². The van der Waals surface area contributed by atoms with Crippen molar-refractivity contribution in [2.75, 3.05) is 23.8 Å². The maximum atomic E-state index is 12.3. The van der Waals surface area contributed by atoms with E-state index in [4.69, 9.17) is 9.47 Å². The number of carbonyl (C=O) groups is 3. The van der Waals surface area contributed by atoms with E-state index in [0.717, 1.165) is 17.7 Å². The number of hydrogen-bond donors (Lipinski definition) is 3. The molecular formula is C27H28N4O5. The highest BCUT2D eigenvalue weighted by Crippen LogP contribution is 2.23. The molecule has 0 aliphatic rings. The monoisotopic (exact) mass is 488 g/mol. The van der Waals surface area contributed by atoms with Crippen LogP contribution in [-0.4, -0.2) is 37.1 Å². The van der Waals surface area contributed by atoms with E-state index in [-0.39, 0.29) is 12.5 Å². The van der Waals surface area contributed by atoms with E-state index in [0.29, 0.717) is 29.4 Å². The normalized spacial score (nSPS) is 10.5. The summed E-state index contributed by atoms with van der Waals surface area (Å²) >= 11 is 0. The molecule has 3 aromatic carbocycles. The molecule has 3 aromatic rings. The van der Waals surface area contributed by atoms with Gasteiger partial charge in [-0.2, -0.15) is 5.10 Å². The van der Waals surface area contributed by atoms with E-state index < -0.39 is 11.8 Å². The molecule has 0 radical (unpaired) electrons. The van der Waals surface area contributed by atoms with Gasteiger partial charge in [-0.3, -0.25) is 14.4 Å². The Morgan fingerprint density at radius 2 is 1.58 bits per heavy atom. The van der Waals surface area contributed by atoms with E-state index in [1.165, 1.54) is 6.21 Å². The van der Waals surface area contributed by atoms with Gasteiger partial charge in [-0.25, -0.2) is 5.43 Å². The van der Waals surface area contributed by atoms with Crippen LogP contribution in [0.25, 0.3) is 0 Å². The van der Waals surface area contributed by atoms with E-state index in [2.05, 4.69) is 21.2 Å². The minimum Gasteiger partial charge on any atom is -0.492 e. The fourth-order valence-corrected chi connectivity index (χ4v) is 3.22. The number of nitrogens with one attached hydrogen (secondary N) is 3. The average molecular weight is 489 g/mol. The molecule has 9 heteroatoms. The second-order valence-corrected chi connectivity index (χ2v) is 7.50. The lowest BCUT2D eigenvalue weighted by Crippen LogP contribution is -2.32. The fraction of sp³-hybridized carbons (Fsp3) is 0.185. The molecule has 3 N–H and O–H groups in total. The minimum absolute atomic E-state index is 0.168. The van der Waals surface area contributed by atoms with Gasteiger partial charge in [0.2, 0.25) is 0 Å². The van der Waals surface area contributed by atoms with Crippen molar-refractivity contribution in [3.05, 3.63) is 83.9 Å². The van der Waals surface area contributed by atoms with Gasteiger partial charge in [0.25, 0.3) is 5.91 Å². The summed E-state index contributed by atoms with van der Waals surface area (Å²) in [7, 11) is 0. The number of para-hydroxylation sites is 3. The Morgan fingerprint density at radius 1 is 0.833 bits per heavy atom. The zero-order valence-corrected chi connectivity index (χ0v) is 20.1. The zero-order valence-electron chi connectivity index (χ0n) is 20.1. The van der Waals surface area contributed by atoms with Gasteiger partial charge in [0, 0.05) is 5.69 Å². The van der Waals surface area contributed by atoms with Crippen LogP contribution < -0.4 is 25.5 Å². The van der Waals surface area contributed by atoms with Crippen LogP contribution in [0.2, 0.25) is 0 Å².